The summed E-state index contributed by atoms with van der Waals surface area (Å²) in [5, 5.41) is 8.83. The second-order valence-corrected chi connectivity index (χ2v) is 3.89. The molecule has 1 aromatic heterocycles. The number of nitrogens with zero attached hydrogens (tertiary/aromatic N) is 3. The maximum absolute atomic E-state index is 8.83. The molecule has 84 valence electrons. The summed E-state index contributed by atoms with van der Waals surface area (Å²) in [4.78, 5) is 8.37. The lowest BCUT2D eigenvalue weighted by Crippen LogP contribution is -2.00. The average Bonchev–Trinajstić information content (AvgIpc) is 2.37. The molecule has 0 aliphatic heterocycles. The predicted molar refractivity (Wildman–Crippen MR) is 65.3 cm³/mol. The molecule has 2 rings (SSSR count). The first kappa shape index (κ1) is 11.3. The Labute approximate surface area is 101 Å². The van der Waals surface area contributed by atoms with Gasteiger partial charge in [0.05, 0.1) is 0 Å². The van der Waals surface area contributed by atoms with Crippen molar-refractivity contribution < 1.29 is 0 Å². The third kappa shape index (κ3) is 3.12. The molecule has 17 heavy (non-hydrogen) atoms. The van der Waals surface area contributed by atoms with Crippen LogP contribution in [0.4, 0.5) is 0 Å². The van der Waals surface area contributed by atoms with Gasteiger partial charge in [0.15, 0.2) is 0 Å². The molecule has 2 aromatic rings. The van der Waals surface area contributed by atoms with Gasteiger partial charge in [0.25, 0.3) is 0 Å². The number of hydrogen-bond donors (Lipinski definition) is 0. The van der Waals surface area contributed by atoms with Crippen LogP contribution in [0.2, 0.25) is 0 Å². The molecule has 0 aliphatic rings. The molecule has 0 atom stereocenters. The van der Waals surface area contributed by atoms with Crippen molar-refractivity contribution in [3.8, 4) is 6.07 Å². The highest BCUT2D eigenvalue weighted by Gasteiger charge is 2.01. The van der Waals surface area contributed by atoms with E-state index in [1.54, 1.807) is 6.07 Å². The Morgan fingerprint density at radius 2 is 1.88 bits per heavy atom. The summed E-state index contributed by atoms with van der Waals surface area (Å²) in [6.07, 6.45) is 1.77. The number of aryl methyl sites for hydroxylation is 3. The van der Waals surface area contributed by atoms with E-state index in [0.29, 0.717) is 11.5 Å². The van der Waals surface area contributed by atoms with E-state index in [0.717, 1.165) is 18.5 Å². The van der Waals surface area contributed by atoms with Gasteiger partial charge in [-0.1, -0.05) is 30.3 Å². The van der Waals surface area contributed by atoms with Crippen LogP contribution < -0.4 is 0 Å². The van der Waals surface area contributed by atoms with Crippen molar-refractivity contribution in [3.63, 3.8) is 0 Å². The maximum Gasteiger partial charge on any atom is 0.144 e. The molecular weight excluding hydrogens is 210 g/mol. The minimum Gasteiger partial charge on any atom is -0.238 e. The van der Waals surface area contributed by atoms with Gasteiger partial charge in [0.1, 0.15) is 17.6 Å². The minimum atomic E-state index is 0.445. The van der Waals surface area contributed by atoms with Gasteiger partial charge in [-0.2, -0.15) is 5.26 Å². The van der Waals surface area contributed by atoms with E-state index in [-0.39, 0.29) is 0 Å². The molecule has 0 saturated heterocycles. The van der Waals surface area contributed by atoms with E-state index in [1.807, 2.05) is 25.1 Å². The van der Waals surface area contributed by atoms with E-state index in [2.05, 4.69) is 28.2 Å². The monoisotopic (exact) mass is 223 g/mol. The zero-order valence-electron chi connectivity index (χ0n) is 9.72. The number of rotatable bonds is 3. The molecule has 1 aromatic carbocycles. The Hall–Kier alpha value is -2.21. The first-order chi connectivity index (χ1) is 8.28. The zero-order chi connectivity index (χ0) is 12.1. The van der Waals surface area contributed by atoms with Gasteiger partial charge in [-0.3, -0.25) is 0 Å². The highest BCUT2D eigenvalue weighted by molar-refractivity contribution is 5.24. The molecule has 0 bridgehead atoms. The van der Waals surface area contributed by atoms with Crippen LogP contribution in [0, 0.1) is 18.3 Å². The zero-order valence-corrected chi connectivity index (χ0v) is 9.72. The van der Waals surface area contributed by atoms with Crippen LogP contribution in [0.15, 0.2) is 36.4 Å². The second kappa shape index (κ2) is 5.22. The number of nitriles is 1. The van der Waals surface area contributed by atoms with E-state index >= 15 is 0 Å². The quantitative estimate of drug-likeness (QED) is 0.803. The van der Waals surface area contributed by atoms with Crippen molar-refractivity contribution in [2.75, 3.05) is 0 Å². The number of benzene rings is 1. The van der Waals surface area contributed by atoms with Crippen LogP contribution in [0.25, 0.3) is 0 Å². The van der Waals surface area contributed by atoms with Gasteiger partial charge in [-0.25, -0.2) is 9.97 Å². The third-order valence-corrected chi connectivity index (χ3v) is 2.52. The maximum atomic E-state index is 8.83. The second-order valence-electron chi connectivity index (χ2n) is 3.89. The highest BCUT2D eigenvalue weighted by Crippen LogP contribution is 2.06. The van der Waals surface area contributed by atoms with Gasteiger partial charge >= 0.3 is 0 Å². The van der Waals surface area contributed by atoms with Crippen LogP contribution in [0.3, 0.4) is 0 Å². The topological polar surface area (TPSA) is 49.6 Å². The van der Waals surface area contributed by atoms with Gasteiger partial charge in [0, 0.05) is 5.69 Å². The van der Waals surface area contributed by atoms with Crippen LogP contribution in [-0.2, 0) is 12.8 Å². The van der Waals surface area contributed by atoms with E-state index in [1.165, 1.54) is 5.56 Å². The lowest BCUT2D eigenvalue weighted by molar-refractivity contribution is 0.875. The number of hydrogen-bond acceptors (Lipinski definition) is 3. The Morgan fingerprint density at radius 3 is 2.59 bits per heavy atom. The smallest absolute Gasteiger partial charge is 0.144 e. The van der Waals surface area contributed by atoms with E-state index < -0.39 is 0 Å². The molecule has 0 radical (unpaired) electrons. The fourth-order valence-corrected chi connectivity index (χ4v) is 1.73. The van der Waals surface area contributed by atoms with Crippen LogP contribution >= 0.6 is 0 Å². The predicted octanol–water partition coefficient (Wildman–Crippen LogP) is 2.44. The fourth-order valence-electron chi connectivity index (χ4n) is 1.73. The van der Waals surface area contributed by atoms with Crippen LogP contribution in [0.5, 0.6) is 0 Å². The molecule has 0 saturated carbocycles. The van der Waals surface area contributed by atoms with Gasteiger partial charge in [-0.15, -0.1) is 0 Å². The Kier molecular flexibility index (Phi) is 3.46. The molecule has 0 spiro atoms. The lowest BCUT2D eigenvalue weighted by Gasteiger charge is -2.02. The van der Waals surface area contributed by atoms with Gasteiger partial charge in [-0.05, 0) is 31.4 Å². The van der Waals surface area contributed by atoms with Crippen molar-refractivity contribution in [2.24, 2.45) is 0 Å². The van der Waals surface area contributed by atoms with Gasteiger partial charge < -0.3 is 0 Å². The Balaban J connectivity index is 2.10. The Morgan fingerprint density at radius 1 is 1.12 bits per heavy atom. The molecule has 0 fully saturated rings. The molecule has 3 heteroatoms. The molecular formula is C14H13N3. The van der Waals surface area contributed by atoms with Gasteiger partial charge in [0.2, 0.25) is 0 Å². The summed E-state index contributed by atoms with van der Waals surface area (Å²) in [5.74, 6) is 0.659. The first-order valence-electron chi connectivity index (χ1n) is 5.56. The first-order valence-corrected chi connectivity index (χ1v) is 5.56. The summed E-state index contributed by atoms with van der Waals surface area (Å²) in [7, 11) is 0. The normalized spacial score (nSPS) is 9.88. The van der Waals surface area contributed by atoms with Crippen molar-refractivity contribution in [1.29, 1.82) is 5.26 Å². The molecule has 3 nitrogen and oxygen atoms in total. The molecule has 1 heterocycles. The number of aromatic nitrogens is 2. The van der Waals surface area contributed by atoms with E-state index in [4.69, 9.17) is 5.26 Å². The van der Waals surface area contributed by atoms with Crippen molar-refractivity contribution in [3.05, 3.63) is 59.2 Å². The largest absolute Gasteiger partial charge is 0.238 e. The summed E-state index contributed by atoms with van der Waals surface area (Å²) in [6, 6.07) is 14.1. The average molecular weight is 223 g/mol. The summed E-state index contributed by atoms with van der Waals surface area (Å²) < 4.78 is 0. The van der Waals surface area contributed by atoms with E-state index in [9.17, 15) is 0 Å². The molecule has 0 unspecified atom stereocenters. The summed E-state index contributed by atoms with van der Waals surface area (Å²) in [6.45, 7) is 1.81. The van der Waals surface area contributed by atoms with Crippen molar-refractivity contribution >= 4 is 0 Å². The Bertz CT molecular complexity index is 541. The summed E-state index contributed by atoms with van der Waals surface area (Å²) in [5.41, 5.74) is 2.65. The summed E-state index contributed by atoms with van der Waals surface area (Å²) >= 11 is 0. The SMILES string of the molecule is Cc1nc(C#N)cc(CCc2ccccc2)n1. The molecule has 0 aliphatic carbocycles. The third-order valence-electron chi connectivity index (χ3n) is 2.52. The molecule has 0 N–H and O–H groups in total. The minimum absolute atomic E-state index is 0.445. The van der Waals surface area contributed by atoms with Crippen molar-refractivity contribution in [1.82, 2.24) is 9.97 Å². The van der Waals surface area contributed by atoms with Crippen molar-refractivity contribution in [2.45, 2.75) is 19.8 Å². The highest BCUT2D eigenvalue weighted by atomic mass is 14.9. The standard InChI is InChI=1S/C14H13N3/c1-11-16-13(9-14(10-15)17-11)8-7-12-5-3-2-4-6-12/h2-6,9H,7-8H2,1H3. The fraction of sp³-hybridized carbons (Fsp3) is 0.214. The molecule has 0 amide bonds. The lowest BCUT2D eigenvalue weighted by atomic mass is 10.1. The van der Waals surface area contributed by atoms with Crippen LogP contribution in [0.1, 0.15) is 22.8 Å². The van der Waals surface area contributed by atoms with Crippen LogP contribution in [-0.4, -0.2) is 9.97 Å².